The van der Waals surface area contributed by atoms with Crippen LogP contribution in [0.5, 0.6) is 5.75 Å². The third-order valence-corrected chi connectivity index (χ3v) is 3.78. The molecule has 0 saturated heterocycles. The largest absolute Gasteiger partial charge is 0.487 e. The summed E-state index contributed by atoms with van der Waals surface area (Å²) >= 11 is 6.26. The van der Waals surface area contributed by atoms with Crippen LogP contribution in [-0.2, 0) is 4.74 Å². The fraction of sp³-hybridized carbons (Fsp3) is 0.111. The first-order chi connectivity index (χ1) is 11.6. The zero-order chi connectivity index (χ0) is 16.9. The van der Waals surface area contributed by atoms with Gasteiger partial charge in [-0.3, -0.25) is 0 Å². The van der Waals surface area contributed by atoms with E-state index in [1.54, 1.807) is 24.5 Å². The number of benzene rings is 2. The standard InChI is InChI=1S/C18H16ClN3O2/c1-12-10-16(21-22-24-17-9-5-4-8-15(17)20)18(23-11-12)13-6-2-3-7-14(13)19/h2-11,18H,20H2,1H3. The number of allylic oxidation sites excluding steroid dienone is 2. The number of rotatable bonds is 4. The van der Waals surface area contributed by atoms with Crippen molar-refractivity contribution in [2.24, 2.45) is 10.4 Å². The Labute approximate surface area is 145 Å². The van der Waals surface area contributed by atoms with E-state index in [0.29, 0.717) is 22.2 Å². The molecule has 0 aromatic heterocycles. The Morgan fingerprint density at radius 1 is 1.12 bits per heavy atom. The van der Waals surface area contributed by atoms with Crippen LogP contribution in [0.2, 0.25) is 5.02 Å². The molecule has 0 fully saturated rings. The van der Waals surface area contributed by atoms with Crippen molar-refractivity contribution >= 4 is 17.3 Å². The van der Waals surface area contributed by atoms with Gasteiger partial charge in [0, 0.05) is 15.9 Å². The number of ether oxygens (including phenoxy) is 1. The minimum absolute atomic E-state index is 0.442. The molecule has 1 aliphatic heterocycles. The molecular weight excluding hydrogens is 326 g/mol. The van der Waals surface area contributed by atoms with Crippen molar-refractivity contribution in [3.63, 3.8) is 0 Å². The second-order valence-electron chi connectivity index (χ2n) is 5.28. The van der Waals surface area contributed by atoms with Gasteiger partial charge in [0.2, 0.25) is 0 Å². The van der Waals surface area contributed by atoms with Crippen LogP contribution in [0, 0.1) is 0 Å². The maximum atomic E-state index is 6.26. The molecule has 5 nitrogen and oxygen atoms in total. The summed E-state index contributed by atoms with van der Waals surface area (Å²) < 4.78 is 5.75. The van der Waals surface area contributed by atoms with Crippen LogP contribution in [0.15, 0.2) is 82.5 Å². The second kappa shape index (κ2) is 7.19. The van der Waals surface area contributed by atoms with Gasteiger partial charge in [-0.2, -0.15) is 0 Å². The van der Waals surface area contributed by atoms with Crippen molar-refractivity contribution in [1.29, 1.82) is 0 Å². The summed E-state index contributed by atoms with van der Waals surface area (Å²) in [5.41, 5.74) is 8.63. The Kier molecular flexibility index (Phi) is 4.82. The minimum Gasteiger partial charge on any atom is -0.487 e. The van der Waals surface area contributed by atoms with E-state index in [-0.39, 0.29) is 0 Å². The lowest BCUT2D eigenvalue weighted by atomic mass is 10.0. The summed E-state index contributed by atoms with van der Waals surface area (Å²) in [6.07, 6.45) is 3.10. The van der Waals surface area contributed by atoms with E-state index in [0.717, 1.165) is 11.1 Å². The first-order valence-electron chi connectivity index (χ1n) is 7.36. The highest BCUT2D eigenvalue weighted by Gasteiger charge is 2.23. The molecule has 1 atom stereocenters. The van der Waals surface area contributed by atoms with Crippen LogP contribution in [-0.4, -0.2) is 0 Å². The zero-order valence-electron chi connectivity index (χ0n) is 13.0. The molecule has 122 valence electrons. The maximum absolute atomic E-state index is 6.26. The predicted molar refractivity (Wildman–Crippen MR) is 93.5 cm³/mol. The summed E-state index contributed by atoms with van der Waals surface area (Å²) in [4.78, 5) is 5.27. The SMILES string of the molecule is CC1=COC(c2ccccc2Cl)C(N=NOc2ccccc2N)=C1. The Morgan fingerprint density at radius 3 is 2.67 bits per heavy atom. The van der Waals surface area contributed by atoms with Crippen molar-refractivity contribution < 1.29 is 9.57 Å². The zero-order valence-corrected chi connectivity index (χ0v) is 13.8. The molecule has 2 aromatic rings. The molecular formula is C18H16ClN3O2. The highest BCUT2D eigenvalue weighted by atomic mass is 35.5. The predicted octanol–water partition coefficient (Wildman–Crippen LogP) is 5.23. The van der Waals surface area contributed by atoms with Crippen LogP contribution < -0.4 is 10.6 Å². The van der Waals surface area contributed by atoms with Gasteiger partial charge < -0.3 is 15.3 Å². The molecule has 0 amide bonds. The number of anilines is 1. The van der Waals surface area contributed by atoms with Crippen LogP contribution in [0.4, 0.5) is 5.69 Å². The van der Waals surface area contributed by atoms with E-state index in [1.807, 2.05) is 43.3 Å². The normalized spacial score (nSPS) is 17.2. The highest BCUT2D eigenvalue weighted by molar-refractivity contribution is 6.31. The van der Waals surface area contributed by atoms with Gasteiger partial charge in [0.1, 0.15) is 5.70 Å². The van der Waals surface area contributed by atoms with Gasteiger partial charge in [0.15, 0.2) is 11.9 Å². The van der Waals surface area contributed by atoms with Gasteiger partial charge in [-0.15, -0.1) is 5.11 Å². The molecule has 2 aromatic carbocycles. The Hall–Kier alpha value is -2.79. The number of nitrogens with zero attached hydrogens (tertiary/aromatic N) is 2. The van der Waals surface area contributed by atoms with E-state index >= 15 is 0 Å². The van der Waals surface area contributed by atoms with E-state index in [1.165, 1.54) is 0 Å². The lowest BCUT2D eigenvalue weighted by molar-refractivity contribution is 0.166. The molecule has 1 aliphatic rings. The van der Waals surface area contributed by atoms with Gasteiger partial charge in [0.25, 0.3) is 0 Å². The highest BCUT2D eigenvalue weighted by Crippen LogP contribution is 2.35. The molecule has 0 bridgehead atoms. The molecule has 0 spiro atoms. The van der Waals surface area contributed by atoms with Crippen molar-refractivity contribution in [2.45, 2.75) is 13.0 Å². The molecule has 6 heteroatoms. The number of para-hydroxylation sites is 2. The molecule has 0 radical (unpaired) electrons. The molecule has 2 N–H and O–H groups in total. The van der Waals surface area contributed by atoms with Crippen molar-refractivity contribution in [1.82, 2.24) is 0 Å². The number of nitrogen functional groups attached to an aromatic ring is 1. The van der Waals surface area contributed by atoms with E-state index < -0.39 is 6.10 Å². The third-order valence-electron chi connectivity index (χ3n) is 3.44. The molecule has 1 heterocycles. The van der Waals surface area contributed by atoms with Gasteiger partial charge in [-0.05, 0) is 36.8 Å². The summed E-state index contributed by atoms with van der Waals surface area (Å²) in [5.74, 6) is 0.445. The summed E-state index contributed by atoms with van der Waals surface area (Å²) in [6, 6.07) is 14.5. The Balaban J connectivity index is 1.83. The van der Waals surface area contributed by atoms with Crippen LogP contribution >= 0.6 is 11.6 Å². The molecule has 0 aliphatic carbocycles. The fourth-order valence-electron chi connectivity index (χ4n) is 2.26. The Bertz CT molecular complexity index is 831. The topological polar surface area (TPSA) is 69.2 Å². The van der Waals surface area contributed by atoms with Crippen molar-refractivity contribution in [2.75, 3.05) is 5.73 Å². The van der Waals surface area contributed by atoms with Crippen LogP contribution in [0.1, 0.15) is 18.6 Å². The number of hydrogen-bond acceptors (Lipinski definition) is 5. The van der Waals surface area contributed by atoms with E-state index in [4.69, 9.17) is 26.9 Å². The molecule has 0 saturated carbocycles. The third kappa shape index (κ3) is 3.58. The number of nitrogens with two attached hydrogens (primary N) is 1. The molecule has 24 heavy (non-hydrogen) atoms. The quantitative estimate of drug-likeness (QED) is 0.470. The van der Waals surface area contributed by atoms with Gasteiger partial charge in [0.05, 0.1) is 11.9 Å². The molecule has 3 rings (SSSR count). The van der Waals surface area contributed by atoms with E-state index in [9.17, 15) is 0 Å². The van der Waals surface area contributed by atoms with Gasteiger partial charge >= 0.3 is 0 Å². The average molecular weight is 342 g/mol. The number of hydrogen-bond donors (Lipinski definition) is 1. The van der Waals surface area contributed by atoms with Crippen molar-refractivity contribution in [3.8, 4) is 5.75 Å². The number of halogens is 1. The van der Waals surface area contributed by atoms with Gasteiger partial charge in [-0.1, -0.05) is 41.9 Å². The van der Waals surface area contributed by atoms with Gasteiger partial charge in [-0.25, -0.2) is 0 Å². The first kappa shape index (κ1) is 16.1. The Morgan fingerprint density at radius 2 is 1.88 bits per heavy atom. The lowest BCUT2D eigenvalue weighted by Gasteiger charge is -2.21. The average Bonchev–Trinajstić information content (AvgIpc) is 2.58. The fourth-order valence-corrected chi connectivity index (χ4v) is 2.50. The monoisotopic (exact) mass is 341 g/mol. The summed E-state index contributed by atoms with van der Waals surface area (Å²) in [5, 5.41) is 8.55. The maximum Gasteiger partial charge on any atom is 0.182 e. The molecule has 1 unspecified atom stereocenters. The van der Waals surface area contributed by atoms with Crippen LogP contribution in [0.3, 0.4) is 0 Å². The summed E-state index contributed by atoms with van der Waals surface area (Å²) in [6.45, 7) is 1.91. The smallest absolute Gasteiger partial charge is 0.182 e. The van der Waals surface area contributed by atoms with Crippen LogP contribution in [0.25, 0.3) is 0 Å². The lowest BCUT2D eigenvalue weighted by Crippen LogP contribution is -2.08. The summed E-state index contributed by atoms with van der Waals surface area (Å²) in [7, 11) is 0. The second-order valence-corrected chi connectivity index (χ2v) is 5.69. The van der Waals surface area contributed by atoms with Crippen molar-refractivity contribution in [3.05, 3.63) is 82.7 Å². The minimum atomic E-state index is -0.442. The first-order valence-corrected chi connectivity index (χ1v) is 7.74. The van der Waals surface area contributed by atoms with E-state index in [2.05, 4.69) is 10.4 Å².